The zero-order valence-electron chi connectivity index (χ0n) is 16.0. The SMILES string of the molecule is C[C@H](C(N)=O)N(c1ccc(F)cc1)c1nc(N)c(C(=O)c2ccc(C(F)(F)F)cc2)s1. The molecule has 31 heavy (non-hydrogen) atoms. The molecule has 0 saturated carbocycles. The average molecular weight is 452 g/mol. The molecule has 3 rings (SSSR count). The average Bonchev–Trinajstić information content (AvgIpc) is 3.09. The number of anilines is 3. The number of halogens is 4. The van der Waals surface area contributed by atoms with Crippen LogP contribution in [0.4, 0.5) is 34.2 Å². The van der Waals surface area contributed by atoms with Crippen molar-refractivity contribution in [1.29, 1.82) is 0 Å². The highest BCUT2D eigenvalue weighted by molar-refractivity contribution is 7.18. The molecule has 0 aliphatic carbocycles. The first-order valence-electron chi connectivity index (χ1n) is 8.81. The summed E-state index contributed by atoms with van der Waals surface area (Å²) in [7, 11) is 0. The Morgan fingerprint density at radius 3 is 2.16 bits per heavy atom. The predicted molar refractivity (Wildman–Crippen MR) is 109 cm³/mol. The van der Waals surface area contributed by atoms with E-state index in [0.717, 1.165) is 35.6 Å². The van der Waals surface area contributed by atoms with Gasteiger partial charge in [0.15, 0.2) is 5.13 Å². The van der Waals surface area contributed by atoms with Crippen LogP contribution in [0, 0.1) is 5.82 Å². The molecule has 1 amide bonds. The highest BCUT2D eigenvalue weighted by Gasteiger charge is 2.31. The van der Waals surface area contributed by atoms with Gasteiger partial charge in [0.1, 0.15) is 22.6 Å². The van der Waals surface area contributed by atoms with Crippen LogP contribution in [0.15, 0.2) is 48.5 Å². The molecule has 1 atom stereocenters. The molecule has 2 aromatic carbocycles. The molecule has 0 radical (unpaired) electrons. The van der Waals surface area contributed by atoms with Crippen molar-refractivity contribution in [3.05, 3.63) is 70.4 Å². The number of nitrogens with two attached hydrogens (primary N) is 2. The quantitative estimate of drug-likeness (QED) is 0.433. The zero-order chi connectivity index (χ0) is 22.9. The van der Waals surface area contributed by atoms with Crippen LogP contribution < -0.4 is 16.4 Å². The van der Waals surface area contributed by atoms with Crippen molar-refractivity contribution in [3.8, 4) is 0 Å². The maximum atomic E-state index is 13.3. The highest BCUT2D eigenvalue weighted by Crippen LogP contribution is 2.36. The van der Waals surface area contributed by atoms with Crippen LogP contribution in [0.25, 0.3) is 0 Å². The van der Waals surface area contributed by atoms with Gasteiger partial charge in [0.05, 0.1) is 5.56 Å². The maximum Gasteiger partial charge on any atom is 0.416 e. The lowest BCUT2D eigenvalue weighted by Crippen LogP contribution is -2.39. The summed E-state index contributed by atoms with van der Waals surface area (Å²) < 4.78 is 51.6. The number of aromatic nitrogens is 1. The van der Waals surface area contributed by atoms with Gasteiger partial charge >= 0.3 is 6.18 Å². The topological polar surface area (TPSA) is 102 Å². The van der Waals surface area contributed by atoms with Crippen molar-refractivity contribution in [3.63, 3.8) is 0 Å². The summed E-state index contributed by atoms with van der Waals surface area (Å²) in [6.45, 7) is 1.50. The van der Waals surface area contributed by atoms with E-state index in [-0.39, 0.29) is 21.4 Å². The van der Waals surface area contributed by atoms with Crippen molar-refractivity contribution in [2.45, 2.75) is 19.1 Å². The molecular formula is C20H16F4N4O2S. The largest absolute Gasteiger partial charge is 0.416 e. The third-order valence-corrected chi connectivity index (χ3v) is 5.50. The molecule has 6 nitrogen and oxygen atoms in total. The fourth-order valence-electron chi connectivity index (χ4n) is 2.76. The Morgan fingerprint density at radius 1 is 1.06 bits per heavy atom. The molecule has 162 valence electrons. The molecule has 0 spiro atoms. The van der Waals surface area contributed by atoms with Gasteiger partial charge < -0.3 is 16.4 Å². The molecule has 0 bridgehead atoms. The fraction of sp³-hybridized carbons (Fsp3) is 0.150. The van der Waals surface area contributed by atoms with Gasteiger partial charge in [0, 0.05) is 11.3 Å². The number of primary amides is 1. The van der Waals surface area contributed by atoms with Crippen molar-refractivity contribution in [2.24, 2.45) is 5.73 Å². The number of nitrogens with zero attached hydrogens (tertiary/aromatic N) is 2. The number of alkyl halides is 3. The predicted octanol–water partition coefficient (Wildman–Crippen LogP) is 4.13. The normalized spacial score (nSPS) is 12.4. The second-order valence-corrected chi connectivity index (χ2v) is 7.52. The Balaban J connectivity index is 1.99. The Bertz CT molecular complexity index is 1110. The summed E-state index contributed by atoms with van der Waals surface area (Å²) in [5.41, 5.74) is 10.8. The number of nitrogen functional groups attached to an aromatic ring is 1. The first-order chi connectivity index (χ1) is 14.5. The number of hydrogen-bond acceptors (Lipinski definition) is 6. The molecule has 1 heterocycles. The number of hydrogen-bond donors (Lipinski definition) is 2. The number of amides is 1. The van der Waals surface area contributed by atoms with E-state index in [4.69, 9.17) is 11.5 Å². The van der Waals surface area contributed by atoms with Crippen LogP contribution in [0.3, 0.4) is 0 Å². The molecule has 0 unspecified atom stereocenters. The first kappa shape index (κ1) is 22.2. The minimum Gasteiger partial charge on any atom is -0.382 e. The van der Waals surface area contributed by atoms with Gasteiger partial charge in [-0.15, -0.1) is 0 Å². The van der Waals surface area contributed by atoms with E-state index in [1.807, 2.05) is 0 Å². The molecule has 11 heteroatoms. The zero-order valence-corrected chi connectivity index (χ0v) is 16.8. The number of carbonyl (C=O) groups is 2. The monoisotopic (exact) mass is 452 g/mol. The standard InChI is InChI=1S/C20H16F4N4O2S/c1-10(18(26)30)28(14-8-6-13(21)7-9-14)19-27-17(25)16(31-19)15(29)11-2-4-12(5-3-11)20(22,23)24/h2-10H,25H2,1H3,(H2,26,30)/t10-/m1/s1. The second-order valence-electron chi connectivity index (χ2n) is 6.54. The number of ketones is 1. The summed E-state index contributed by atoms with van der Waals surface area (Å²) in [6, 6.07) is 7.96. The minimum atomic E-state index is -4.53. The summed E-state index contributed by atoms with van der Waals surface area (Å²) in [6.07, 6.45) is -4.53. The molecule has 1 aromatic heterocycles. The Hall–Kier alpha value is -3.47. The van der Waals surface area contributed by atoms with Crippen molar-refractivity contribution in [2.75, 3.05) is 10.6 Å². The lowest BCUT2D eigenvalue weighted by atomic mass is 10.1. The van der Waals surface area contributed by atoms with Crippen LogP contribution >= 0.6 is 11.3 Å². The number of thiazole rings is 1. The summed E-state index contributed by atoms with van der Waals surface area (Å²) in [5, 5.41) is 0.144. The van der Waals surface area contributed by atoms with Crippen molar-refractivity contribution in [1.82, 2.24) is 4.98 Å². The summed E-state index contributed by atoms with van der Waals surface area (Å²) in [5.74, 6) is -1.98. The van der Waals surface area contributed by atoms with Crippen LogP contribution in [-0.4, -0.2) is 22.7 Å². The summed E-state index contributed by atoms with van der Waals surface area (Å²) in [4.78, 5) is 30.1. The number of benzene rings is 2. The molecule has 0 saturated heterocycles. The highest BCUT2D eigenvalue weighted by atomic mass is 32.1. The Labute approximate surface area is 178 Å². The van der Waals surface area contributed by atoms with Crippen LogP contribution in [-0.2, 0) is 11.0 Å². The van der Waals surface area contributed by atoms with Crippen molar-refractivity contribution >= 4 is 39.7 Å². The lowest BCUT2D eigenvalue weighted by molar-refractivity contribution is -0.137. The second kappa shape index (κ2) is 8.34. The molecular weight excluding hydrogens is 436 g/mol. The van der Waals surface area contributed by atoms with Crippen molar-refractivity contribution < 1.29 is 27.2 Å². The van der Waals surface area contributed by atoms with Crippen LogP contribution in [0.5, 0.6) is 0 Å². The van der Waals surface area contributed by atoms with E-state index < -0.39 is 35.3 Å². The molecule has 3 aromatic rings. The fourth-order valence-corrected chi connectivity index (χ4v) is 3.81. The van der Waals surface area contributed by atoms with Crippen LogP contribution in [0.1, 0.15) is 27.7 Å². The van der Waals surface area contributed by atoms with Gasteiger partial charge in [0.2, 0.25) is 11.7 Å². The third kappa shape index (κ3) is 4.66. The maximum absolute atomic E-state index is 13.3. The smallest absolute Gasteiger partial charge is 0.382 e. The van der Waals surface area contributed by atoms with Gasteiger partial charge in [-0.3, -0.25) is 9.59 Å². The Kier molecular flexibility index (Phi) is 5.98. The number of rotatable bonds is 6. The van der Waals surface area contributed by atoms with E-state index in [2.05, 4.69) is 4.98 Å². The first-order valence-corrected chi connectivity index (χ1v) is 9.63. The van der Waals surface area contributed by atoms with E-state index in [9.17, 15) is 27.2 Å². The summed E-state index contributed by atoms with van der Waals surface area (Å²) >= 11 is 0.842. The molecule has 0 fully saturated rings. The third-order valence-electron chi connectivity index (χ3n) is 4.43. The van der Waals surface area contributed by atoms with E-state index in [1.54, 1.807) is 0 Å². The minimum absolute atomic E-state index is 0.00816. The Morgan fingerprint density at radius 2 is 1.65 bits per heavy atom. The van der Waals surface area contributed by atoms with Gasteiger partial charge in [-0.25, -0.2) is 9.37 Å². The van der Waals surface area contributed by atoms with E-state index in [1.165, 1.54) is 36.1 Å². The van der Waals surface area contributed by atoms with E-state index >= 15 is 0 Å². The van der Waals surface area contributed by atoms with Gasteiger partial charge in [-0.05, 0) is 43.3 Å². The van der Waals surface area contributed by atoms with Gasteiger partial charge in [-0.2, -0.15) is 13.2 Å². The molecule has 4 N–H and O–H groups in total. The molecule has 0 aliphatic rings. The van der Waals surface area contributed by atoms with Gasteiger partial charge in [-0.1, -0.05) is 23.5 Å². The number of carbonyl (C=O) groups excluding carboxylic acids is 2. The van der Waals surface area contributed by atoms with Gasteiger partial charge in [0.25, 0.3) is 0 Å². The van der Waals surface area contributed by atoms with Crippen LogP contribution in [0.2, 0.25) is 0 Å². The lowest BCUT2D eigenvalue weighted by Gasteiger charge is -2.26. The molecule has 0 aliphatic heterocycles. The van der Waals surface area contributed by atoms with E-state index in [0.29, 0.717) is 5.69 Å².